The van der Waals surface area contributed by atoms with E-state index in [1.165, 1.54) is 0 Å². The van der Waals surface area contributed by atoms with Crippen LogP contribution in [0, 0.1) is 6.92 Å². The molecule has 6 heteroatoms. The number of para-hydroxylation sites is 1. The molecule has 0 saturated carbocycles. The largest absolute Gasteiger partial charge is 0.406 e. The van der Waals surface area contributed by atoms with E-state index in [0.29, 0.717) is 16.9 Å². The molecular weight excluding hydrogens is 276 g/mol. The lowest BCUT2D eigenvalue weighted by Crippen LogP contribution is -2.19. The van der Waals surface area contributed by atoms with E-state index >= 15 is 0 Å². The molecule has 1 atom stereocenters. The van der Waals surface area contributed by atoms with Gasteiger partial charge in [-0.05, 0) is 38.4 Å². The van der Waals surface area contributed by atoms with Gasteiger partial charge in [-0.2, -0.15) is 0 Å². The molecule has 1 aromatic carbocycles. The van der Waals surface area contributed by atoms with E-state index in [2.05, 4.69) is 27.8 Å². The zero-order chi connectivity index (χ0) is 14.5. The number of nitrogens with one attached hydrogen (secondary N) is 2. The van der Waals surface area contributed by atoms with Crippen LogP contribution in [-0.4, -0.2) is 16.7 Å². The van der Waals surface area contributed by atoms with Gasteiger partial charge in [-0.25, -0.2) is 0 Å². The van der Waals surface area contributed by atoms with Crippen molar-refractivity contribution in [1.29, 1.82) is 0 Å². The van der Waals surface area contributed by atoms with Gasteiger partial charge in [0.2, 0.25) is 5.89 Å². The number of anilines is 2. The Morgan fingerprint density at radius 3 is 2.85 bits per heavy atom. The maximum Gasteiger partial charge on any atom is 0.320 e. The molecule has 1 heterocycles. The van der Waals surface area contributed by atoms with E-state index in [1.807, 2.05) is 32.0 Å². The van der Waals surface area contributed by atoms with E-state index in [0.717, 1.165) is 24.2 Å². The van der Waals surface area contributed by atoms with Crippen LogP contribution in [0.1, 0.15) is 37.8 Å². The minimum Gasteiger partial charge on any atom is -0.406 e. The maximum absolute atomic E-state index is 6.15. The lowest BCUT2D eigenvalue weighted by molar-refractivity contribution is 0.424. The normalized spacial score (nSPS) is 12.4. The van der Waals surface area contributed by atoms with Crippen molar-refractivity contribution < 1.29 is 4.42 Å². The molecule has 20 heavy (non-hydrogen) atoms. The smallest absolute Gasteiger partial charge is 0.320 e. The molecule has 0 aliphatic heterocycles. The Labute approximate surface area is 123 Å². The average molecular weight is 295 g/mol. The van der Waals surface area contributed by atoms with Gasteiger partial charge in [-0.3, -0.25) is 0 Å². The number of halogens is 1. The van der Waals surface area contributed by atoms with Crippen molar-refractivity contribution >= 4 is 23.3 Å². The van der Waals surface area contributed by atoms with E-state index < -0.39 is 0 Å². The number of rotatable bonds is 6. The minimum atomic E-state index is 0.0327. The van der Waals surface area contributed by atoms with E-state index in [9.17, 15) is 0 Å². The number of aryl methyl sites for hydroxylation is 1. The predicted molar refractivity (Wildman–Crippen MR) is 80.5 cm³/mol. The van der Waals surface area contributed by atoms with Gasteiger partial charge in [-0.1, -0.05) is 35.8 Å². The first-order valence-electron chi connectivity index (χ1n) is 6.70. The summed E-state index contributed by atoms with van der Waals surface area (Å²) < 4.78 is 5.60. The van der Waals surface area contributed by atoms with Crippen LogP contribution < -0.4 is 10.6 Å². The molecule has 0 fully saturated rings. The van der Waals surface area contributed by atoms with E-state index in [-0.39, 0.29) is 6.04 Å². The van der Waals surface area contributed by atoms with Crippen LogP contribution in [0.25, 0.3) is 0 Å². The third-order valence-corrected chi connectivity index (χ3v) is 3.28. The summed E-state index contributed by atoms with van der Waals surface area (Å²) in [6.07, 6.45) is 1.06. The topological polar surface area (TPSA) is 63.0 Å². The molecule has 0 bridgehead atoms. The fraction of sp³-hybridized carbons (Fsp3) is 0.429. The lowest BCUT2D eigenvalue weighted by atomic mass is 10.2. The highest BCUT2D eigenvalue weighted by atomic mass is 35.5. The molecule has 1 unspecified atom stereocenters. The molecule has 108 valence electrons. The third-order valence-electron chi connectivity index (χ3n) is 2.97. The Kier molecular flexibility index (Phi) is 4.98. The molecule has 0 amide bonds. The quantitative estimate of drug-likeness (QED) is 0.847. The minimum absolute atomic E-state index is 0.0327. The first kappa shape index (κ1) is 14.8. The lowest BCUT2D eigenvalue weighted by Gasteiger charge is -2.09. The summed E-state index contributed by atoms with van der Waals surface area (Å²) in [6, 6.07) is 6.07. The van der Waals surface area contributed by atoms with Gasteiger partial charge in [0, 0.05) is 0 Å². The highest BCUT2D eigenvalue weighted by Gasteiger charge is 2.14. The fourth-order valence-corrected chi connectivity index (χ4v) is 2.07. The van der Waals surface area contributed by atoms with Crippen LogP contribution in [0.2, 0.25) is 5.02 Å². The van der Waals surface area contributed by atoms with Crippen molar-refractivity contribution in [2.75, 3.05) is 11.9 Å². The Morgan fingerprint density at radius 2 is 2.15 bits per heavy atom. The maximum atomic E-state index is 6.15. The van der Waals surface area contributed by atoms with Crippen molar-refractivity contribution in [3.8, 4) is 0 Å². The molecule has 0 aliphatic rings. The number of hydrogen-bond acceptors (Lipinski definition) is 5. The monoisotopic (exact) mass is 294 g/mol. The highest BCUT2D eigenvalue weighted by molar-refractivity contribution is 6.33. The van der Waals surface area contributed by atoms with E-state index in [4.69, 9.17) is 16.0 Å². The summed E-state index contributed by atoms with van der Waals surface area (Å²) in [5, 5.41) is 15.0. The second kappa shape index (κ2) is 6.72. The molecule has 1 aromatic heterocycles. The second-order valence-electron chi connectivity index (χ2n) is 4.68. The summed E-state index contributed by atoms with van der Waals surface area (Å²) in [5.74, 6) is 0.561. The summed E-state index contributed by atoms with van der Waals surface area (Å²) in [5.41, 5.74) is 1.81. The zero-order valence-electron chi connectivity index (χ0n) is 11.9. The van der Waals surface area contributed by atoms with Crippen molar-refractivity contribution in [3.05, 3.63) is 34.7 Å². The van der Waals surface area contributed by atoms with Crippen molar-refractivity contribution in [1.82, 2.24) is 15.5 Å². The van der Waals surface area contributed by atoms with Crippen LogP contribution in [0.15, 0.2) is 22.6 Å². The van der Waals surface area contributed by atoms with E-state index in [1.54, 1.807) is 0 Å². The van der Waals surface area contributed by atoms with Crippen LogP contribution in [-0.2, 0) is 0 Å². The number of nitrogens with zero attached hydrogens (tertiary/aromatic N) is 2. The van der Waals surface area contributed by atoms with Crippen molar-refractivity contribution in [2.45, 2.75) is 33.2 Å². The number of benzene rings is 1. The molecule has 0 spiro atoms. The molecule has 2 N–H and O–H groups in total. The van der Waals surface area contributed by atoms with Crippen LogP contribution in [0.4, 0.5) is 11.7 Å². The average Bonchev–Trinajstić information content (AvgIpc) is 2.89. The summed E-state index contributed by atoms with van der Waals surface area (Å²) in [4.78, 5) is 0. The van der Waals surface area contributed by atoms with Crippen molar-refractivity contribution in [2.24, 2.45) is 0 Å². The molecule has 0 radical (unpaired) electrons. The first-order valence-corrected chi connectivity index (χ1v) is 7.08. The van der Waals surface area contributed by atoms with Gasteiger partial charge in [0.15, 0.2) is 0 Å². The Hall–Kier alpha value is -1.59. The Bertz CT molecular complexity index is 550. The predicted octanol–water partition coefficient (Wildman–Crippen LogP) is 3.84. The van der Waals surface area contributed by atoms with Gasteiger partial charge in [0.1, 0.15) is 0 Å². The molecule has 0 saturated heterocycles. The third kappa shape index (κ3) is 3.49. The molecule has 2 rings (SSSR count). The van der Waals surface area contributed by atoms with Gasteiger partial charge in [0.25, 0.3) is 0 Å². The van der Waals surface area contributed by atoms with Crippen LogP contribution >= 0.6 is 11.6 Å². The van der Waals surface area contributed by atoms with Crippen molar-refractivity contribution in [3.63, 3.8) is 0 Å². The Balaban J connectivity index is 2.10. The van der Waals surface area contributed by atoms with Gasteiger partial charge in [0.05, 0.1) is 16.8 Å². The molecule has 2 aromatic rings. The summed E-state index contributed by atoms with van der Waals surface area (Å²) >= 11 is 6.15. The molecule has 5 nitrogen and oxygen atoms in total. The molecular formula is C14H19ClN4O. The SMILES string of the molecule is CCCNC(C)c1nnc(Nc2c(C)cccc2Cl)o1. The fourth-order valence-electron chi connectivity index (χ4n) is 1.81. The number of hydrogen-bond donors (Lipinski definition) is 2. The standard InChI is InChI=1S/C14H19ClN4O/c1-4-8-16-10(3)13-18-19-14(20-13)17-12-9(2)6-5-7-11(12)15/h5-7,10,16H,4,8H2,1-3H3,(H,17,19). The Morgan fingerprint density at radius 1 is 1.35 bits per heavy atom. The summed E-state index contributed by atoms with van der Waals surface area (Å²) in [7, 11) is 0. The van der Waals surface area contributed by atoms with Crippen LogP contribution in [0.5, 0.6) is 0 Å². The van der Waals surface area contributed by atoms with Gasteiger partial charge < -0.3 is 15.1 Å². The molecule has 0 aliphatic carbocycles. The highest BCUT2D eigenvalue weighted by Crippen LogP contribution is 2.28. The van der Waals surface area contributed by atoms with Crippen LogP contribution in [0.3, 0.4) is 0 Å². The van der Waals surface area contributed by atoms with Gasteiger partial charge >= 0.3 is 6.01 Å². The van der Waals surface area contributed by atoms with Gasteiger partial charge in [-0.15, -0.1) is 5.10 Å². The second-order valence-corrected chi connectivity index (χ2v) is 5.09. The number of aromatic nitrogens is 2. The zero-order valence-corrected chi connectivity index (χ0v) is 12.7. The summed E-state index contributed by atoms with van der Waals surface area (Å²) in [6.45, 7) is 6.99. The first-order chi connectivity index (χ1) is 9.61.